The van der Waals surface area contributed by atoms with Crippen molar-refractivity contribution in [1.82, 2.24) is 9.80 Å². The number of amides is 1. The lowest BCUT2D eigenvalue weighted by Crippen LogP contribution is -2.42. The molecule has 0 saturated carbocycles. The number of unbranched alkanes of at least 4 members (excludes halogenated alkanes) is 1. The van der Waals surface area contributed by atoms with Crippen molar-refractivity contribution in [3.05, 3.63) is 0 Å². The van der Waals surface area contributed by atoms with Crippen molar-refractivity contribution in [2.75, 3.05) is 39.3 Å². The minimum absolute atomic E-state index is 0.124. The zero-order valence-corrected chi connectivity index (χ0v) is 12.3. The van der Waals surface area contributed by atoms with Gasteiger partial charge in [0.1, 0.15) is 0 Å². The second-order valence-electron chi connectivity index (χ2n) is 4.73. The van der Waals surface area contributed by atoms with Crippen molar-refractivity contribution in [2.45, 2.75) is 46.5 Å². The average molecular weight is 258 g/mol. The van der Waals surface area contributed by atoms with Crippen LogP contribution < -0.4 is 0 Å². The summed E-state index contributed by atoms with van der Waals surface area (Å²) in [5.74, 6) is 0.197. The molecule has 0 bridgehead atoms. The minimum atomic E-state index is 0.124. The first-order valence-electron chi connectivity index (χ1n) is 7.30. The van der Waals surface area contributed by atoms with E-state index in [4.69, 9.17) is 5.11 Å². The van der Waals surface area contributed by atoms with Crippen molar-refractivity contribution in [2.24, 2.45) is 0 Å². The number of hydrogen-bond donors (Lipinski definition) is 1. The Bertz CT molecular complexity index is 204. The molecule has 0 heterocycles. The lowest BCUT2D eigenvalue weighted by molar-refractivity contribution is -0.132. The molecule has 108 valence electrons. The summed E-state index contributed by atoms with van der Waals surface area (Å²) in [6, 6.07) is 0. The van der Waals surface area contributed by atoms with Crippen LogP contribution in [0.4, 0.5) is 0 Å². The number of aliphatic hydroxyl groups is 1. The van der Waals surface area contributed by atoms with Crippen LogP contribution in [0.5, 0.6) is 0 Å². The molecular formula is C14H30N2O2. The molecule has 0 aromatic carbocycles. The lowest BCUT2D eigenvalue weighted by atomic mass is 10.3. The third-order valence-electron chi connectivity index (χ3n) is 2.94. The molecule has 0 aromatic heterocycles. The van der Waals surface area contributed by atoms with Gasteiger partial charge < -0.3 is 10.0 Å². The van der Waals surface area contributed by atoms with E-state index in [0.717, 1.165) is 45.3 Å². The van der Waals surface area contributed by atoms with Gasteiger partial charge in [-0.25, -0.2) is 0 Å². The Morgan fingerprint density at radius 3 is 2.00 bits per heavy atom. The van der Waals surface area contributed by atoms with Gasteiger partial charge in [-0.2, -0.15) is 0 Å². The number of carbonyl (C=O) groups is 1. The molecule has 1 N–H and O–H groups in total. The molecule has 0 rings (SSSR count). The van der Waals surface area contributed by atoms with E-state index in [1.165, 1.54) is 0 Å². The van der Waals surface area contributed by atoms with Crippen molar-refractivity contribution in [3.63, 3.8) is 0 Å². The number of carbonyl (C=O) groups excluding carboxylic acids is 1. The average Bonchev–Trinajstić information content (AvgIpc) is 2.36. The van der Waals surface area contributed by atoms with Crippen molar-refractivity contribution >= 4 is 5.91 Å². The van der Waals surface area contributed by atoms with E-state index in [0.29, 0.717) is 13.1 Å². The second kappa shape index (κ2) is 11.5. The van der Waals surface area contributed by atoms with E-state index in [1.54, 1.807) is 0 Å². The topological polar surface area (TPSA) is 43.8 Å². The highest BCUT2D eigenvalue weighted by Gasteiger charge is 2.15. The molecule has 0 aliphatic rings. The van der Waals surface area contributed by atoms with Crippen LogP contribution in [0.2, 0.25) is 0 Å². The highest BCUT2D eigenvalue weighted by atomic mass is 16.3. The summed E-state index contributed by atoms with van der Waals surface area (Å²) in [6.45, 7) is 10.1. The maximum atomic E-state index is 12.2. The summed E-state index contributed by atoms with van der Waals surface area (Å²) >= 11 is 0. The molecule has 4 heteroatoms. The van der Waals surface area contributed by atoms with Crippen LogP contribution in [0.25, 0.3) is 0 Å². The van der Waals surface area contributed by atoms with Crippen LogP contribution in [-0.4, -0.2) is 60.1 Å². The van der Waals surface area contributed by atoms with E-state index < -0.39 is 0 Å². The van der Waals surface area contributed by atoms with E-state index >= 15 is 0 Å². The van der Waals surface area contributed by atoms with Crippen molar-refractivity contribution in [1.29, 1.82) is 0 Å². The van der Waals surface area contributed by atoms with Gasteiger partial charge in [0.25, 0.3) is 0 Å². The van der Waals surface area contributed by atoms with Crippen molar-refractivity contribution in [3.8, 4) is 0 Å². The van der Waals surface area contributed by atoms with Crippen molar-refractivity contribution < 1.29 is 9.90 Å². The predicted octanol–water partition coefficient (Wildman–Crippen LogP) is 1.73. The summed E-state index contributed by atoms with van der Waals surface area (Å²) in [6.07, 6.45) is 4.19. The minimum Gasteiger partial charge on any atom is -0.395 e. The SMILES string of the molecule is CCCCN(CCO)CC(=O)N(CCC)CCC. The van der Waals surface area contributed by atoms with Gasteiger partial charge in [0.05, 0.1) is 13.2 Å². The molecule has 0 atom stereocenters. The lowest BCUT2D eigenvalue weighted by Gasteiger charge is -2.26. The third kappa shape index (κ3) is 7.67. The largest absolute Gasteiger partial charge is 0.395 e. The van der Waals surface area contributed by atoms with Crippen LogP contribution in [0, 0.1) is 0 Å². The Hall–Kier alpha value is -0.610. The maximum absolute atomic E-state index is 12.2. The van der Waals surface area contributed by atoms with E-state index in [-0.39, 0.29) is 12.5 Å². The van der Waals surface area contributed by atoms with Crippen LogP contribution >= 0.6 is 0 Å². The predicted molar refractivity (Wildman–Crippen MR) is 75.6 cm³/mol. The fraction of sp³-hybridized carbons (Fsp3) is 0.929. The van der Waals surface area contributed by atoms with Crippen LogP contribution in [0.3, 0.4) is 0 Å². The molecule has 0 aliphatic heterocycles. The third-order valence-corrected chi connectivity index (χ3v) is 2.94. The first-order valence-corrected chi connectivity index (χ1v) is 7.30. The van der Waals surface area contributed by atoms with Gasteiger partial charge in [-0.1, -0.05) is 27.2 Å². The quantitative estimate of drug-likeness (QED) is 0.614. The van der Waals surface area contributed by atoms with E-state index in [2.05, 4.69) is 25.7 Å². The first-order chi connectivity index (χ1) is 8.69. The highest BCUT2D eigenvalue weighted by molar-refractivity contribution is 5.78. The van der Waals surface area contributed by atoms with Gasteiger partial charge in [0.15, 0.2) is 0 Å². The zero-order valence-electron chi connectivity index (χ0n) is 12.3. The standard InChI is InChI=1S/C14H30N2O2/c1-4-7-10-15(11-12-17)13-14(18)16(8-5-2)9-6-3/h17H,4-13H2,1-3H3. The number of rotatable bonds is 11. The van der Waals surface area contributed by atoms with Crippen LogP contribution in [0.1, 0.15) is 46.5 Å². The van der Waals surface area contributed by atoms with Gasteiger partial charge in [0, 0.05) is 19.6 Å². The molecule has 18 heavy (non-hydrogen) atoms. The summed E-state index contributed by atoms with van der Waals surface area (Å²) < 4.78 is 0. The fourth-order valence-electron chi connectivity index (χ4n) is 1.99. The molecule has 0 saturated heterocycles. The van der Waals surface area contributed by atoms with Crippen LogP contribution in [0.15, 0.2) is 0 Å². The maximum Gasteiger partial charge on any atom is 0.236 e. The summed E-state index contributed by atoms with van der Waals surface area (Å²) in [7, 11) is 0. The second-order valence-corrected chi connectivity index (χ2v) is 4.73. The molecule has 0 aromatic rings. The Kier molecular flexibility index (Phi) is 11.1. The monoisotopic (exact) mass is 258 g/mol. The Morgan fingerprint density at radius 1 is 0.944 bits per heavy atom. The number of nitrogens with zero attached hydrogens (tertiary/aromatic N) is 2. The van der Waals surface area contributed by atoms with Gasteiger partial charge in [0.2, 0.25) is 5.91 Å². The summed E-state index contributed by atoms with van der Waals surface area (Å²) in [5.41, 5.74) is 0. The van der Waals surface area contributed by atoms with E-state index in [9.17, 15) is 4.79 Å². The molecule has 0 spiro atoms. The molecule has 0 unspecified atom stereocenters. The molecule has 0 fully saturated rings. The normalized spacial score (nSPS) is 10.9. The molecular weight excluding hydrogens is 228 g/mol. The Balaban J connectivity index is 4.25. The Morgan fingerprint density at radius 2 is 1.56 bits per heavy atom. The molecule has 0 radical (unpaired) electrons. The molecule has 0 aliphatic carbocycles. The fourth-order valence-corrected chi connectivity index (χ4v) is 1.99. The first kappa shape index (κ1) is 17.4. The van der Waals surface area contributed by atoms with E-state index in [1.807, 2.05) is 4.90 Å². The van der Waals surface area contributed by atoms with Gasteiger partial charge >= 0.3 is 0 Å². The zero-order chi connectivity index (χ0) is 13.8. The number of aliphatic hydroxyl groups excluding tert-OH is 1. The summed E-state index contributed by atoms with van der Waals surface area (Å²) in [4.78, 5) is 16.2. The van der Waals surface area contributed by atoms with Gasteiger partial charge in [-0.15, -0.1) is 0 Å². The molecule has 1 amide bonds. The van der Waals surface area contributed by atoms with Gasteiger partial charge in [-0.3, -0.25) is 9.69 Å². The van der Waals surface area contributed by atoms with Gasteiger partial charge in [-0.05, 0) is 25.8 Å². The smallest absolute Gasteiger partial charge is 0.236 e. The van der Waals surface area contributed by atoms with Crippen LogP contribution in [-0.2, 0) is 4.79 Å². The summed E-state index contributed by atoms with van der Waals surface area (Å²) in [5, 5.41) is 9.03. The molecule has 4 nitrogen and oxygen atoms in total. The Labute approximate surface area is 112 Å². The highest BCUT2D eigenvalue weighted by Crippen LogP contribution is 2.00. The number of hydrogen-bond acceptors (Lipinski definition) is 3.